The van der Waals surface area contributed by atoms with E-state index in [0.717, 1.165) is 69.3 Å². The fraction of sp³-hybridized carbons (Fsp3) is 0.867. The third-order valence-electron chi connectivity index (χ3n) is 11.5. The number of hydrogen-bond acceptors (Lipinski definition) is 3. The van der Waals surface area contributed by atoms with Crippen LogP contribution in [0.4, 0.5) is 0 Å². The average Bonchev–Trinajstić information content (AvgIpc) is 3.79. The predicted molar refractivity (Wildman–Crippen MR) is 224 cm³/mol. The molecule has 0 spiro atoms. The maximum atomic E-state index is 5.08. The molecule has 3 heterocycles. The van der Waals surface area contributed by atoms with Gasteiger partial charge in [0.1, 0.15) is 0 Å². The van der Waals surface area contributed by atoms with Gasteiger partial charge in [-0.1, -0.05) is 192 Å². The SMILES string of the molecule is CC1CCOC1.CCCC(C)(C)c1nc(C(C)(C)CC)[n-]c1C(C)(C)CCC.CCCC(C)(C)c1nc(C(C)(C)CC)[n-]c1C(C)(C)CCC.[Sr+2]. The first-order valence-electron chi connectivity index (χ1n) is 20.6. The standard InChI is InChI=1S/2C20H37N2.C5H10O.Sr/c2*1-10-13-19(6,7)15-16(20(8,9)14-11-2)22-17(21-15)18(4,5)12-3;1-5-2-3-6-4-5;/h2*10-14H2,1-9H3;5H,2-4H2,1H3;/q2*-1;;+2. The molecule has 3 rings (SSSR count). The Morgan fingerprint density at radius 3 is 1.06 bits per heavy atom. The zero-order valence-corrected chi connectivity index (χ0v) is 41.2. The third kappa shape index (κ3) is 14.5. The molecule has 1 saturated heterocycles. The Labute approximate surface area is 355 Å². The topological polar surface area (TPSA) is 63.2 Å². The summed E-state index contributed by atoms with van der Waals surface area (Å²) in [4.78, 5) is 20.3. The van der Waals surface area contributed by atoms with Gasteiger partial charge in [0.05, 0.1) is 0 Å². The van der Waals surface area contributed by atoms with Crippen LogP contribution in [0, 0.1) is 5.92 Å². The smallest absolute Gasteiger partial charge is 0.442 e. The van der Waals surface area contributed by atoms with Gasteiger partial charge in [-0.05, 0) is 83.4 Å². The summed E-state index contributed by atoms with van der Waals surface area (Å²) in [7, 11) is 0. The van der Waals surface area contributed by atoms with Crippen LogP contribution in [0.3, 0.4) is 0 Å². The molecule has 1 atom stereocenters. The molecule has 2 aromatic rings. The first kappa shape index (κ1) is 50.9. The van der Waals surface area contributed by atoms with E-state index in [9.17, 15) is 0 Å². The molecule has 0 bridgehead atoms. The van der Waals surface area contributed by atoms with Crippen molar-refractivity contribution in [3.05, 3.63) is 34.4 Å². The summed E-state index contributed by atoms with van der Waals surface area (Å²) in [5.41, 5.74) is 5.47. The second-order valence-corrected chi connectivity index (χ2v) is 19.5. The molecular formula is C45H84N4OSr. The van der Waals surface area contributed by atoms with Crippen LogP contribution in [-0.4, -0.2) is 68.7 Å². The molecule has 2 aromatic heterocycles. The summed E-state index contributed by atoms with van der Waals surface area (Å²) in [6, 6.07) is 0. The van der Waals surface area contributed by atoms with Gasteiger partial charge in [-0.25, -0.2) is 0 Å². The number of hydrogen-bond donors (Lipinski definition) is 0. The van der Waals surface area contributed by atoms with E-state index >= 15 is 0 Å². The van der Waals surface area contributed by atoms with Crippen molar-refractivity contribution >= 4 is 45.5 Å². The molecule has 51 heavy (non-hydrogen) atoms. The normalized spacial score (nSPS) is 15.9. The third-order valence-corrected chi connectivity index (χ3v) is 11.5. The first-order chi connectivity index (χ1) is 22.9. The van der Waals surface area contributed by atoms with Gasteiger partial charge in [0.25, 0.3) is 0 Å². The summed E-state index contributed by atoms with van der Waals surface area (Å²) in [5.74, 6) is 2.90. The van der Waals surface area contributed by atoms with Gasteiger partial charge < -0.3 is 24.7 Å². The van der Waals surface area contributed by atoms with Gasteiger partial charge in [-0.2, -0.15) is 0 Å². The van der Waals surface area contributed by atoms with Gasteiger partial charge in [0.2, 0.25) is 0 Å². The van der Waals surface area contributed by atoms with E-state index in [-0.39, 0.29) is 78.0 Å². The molecule has 1 unspecified atom stereocenters. The van der Waals surface area contributed by atoms with E-state index < -0.39 is 0 Å². The van der Waals surface area contributed by atoms with E-state index in [2.05, 4.69) is 132 Å². The second-order valence-electron chi connectivity index (χ2n) is 19.5. The van der Waals surface area contributed by atoms with Crippen LogP contribution in [0.5, 0.6) is 0 Å². The minimum atomic E-state index is 0. The second kappa shape index (κ2) is 21.2. The first-order valence-corrected chi connectivity index (χ1v) is 20.6. The number of nitrogens with zero attached hydrogens (tertiary/aromatic N) is 4. The minimum Gasteiger partial charge on any atom is -0.442 e. The molecule has 6 heteroatoms. The zero-order valence-electron chi connectivity index (χ0n) is 37.7. The molecule has 0 amide bonds. The monoisotopic (exact) mass is 785 g/mol. The summed E-state index contributed by atoms with van der Waals surface area (Å²) in [6.07, 6.45) is 12.8. The Bertz CT molecular complexity index is 1100. The number of imidazole rings is 2. The molecular weight excluding hydrogens is 700 g/mol. The maximum absolute atomic E-state index is 5.08. The van der Waals surface area contributed by atoms with Crippen molar-refractivity contribution in [3.63, 3.8) is 0 Å². The average molecular weight is 785 g/mol. The van der Waals surface area contributed by atoms with E-state index in [1.54, 1.807) is 0 Å². The minimum absolute atomic E-state index is 0. The fourth-order valence-electron chi connectivity index (χ4n) is 7.12. The van der Waals surface area contributed by atoms with Gasteiger partial charge in [-0.3, -0.25) is 0 Å². The fourth-order valence-corrected chi connectivity index (χ4v) is 7.12. The Morgan fingerprint density at radius 1 is 0.529 bits per heavy atom. The van der Waals surface area contributed by atoms with Gasteiger partial charge in [-0.15, -0.1) is 0 Å². The summed E-state index contributed by atoms with van der Waals surface area (Å²) < 4.78 is 5.06. The summed E-state index contributed by atoms with van der Waals surface area (Å²) in [6.45, 7) is 45.3. The number of ether oxygens (including phenoxy) is 1. The molecule has 0 aliphatic carbocycles. The zero-order chi connectivity index (χ0) is 38.8. The van der Waals surface area contributed by atoms with Crippen LogP contribution < -0.4 is 9.97 Å². The number of aromatic nitrogens is 4. The van der Waals surface area contributed by atoms with Crippen molar-refractivity contribution in [2.75, 3.05) is 13.2 Å². The summed E-state index contributed by atoms with van der Waals surface area (Å²) >= 11 is 0. The molecule has 5 nitrogen and oxygen atoms in total. The van der Waals surface area contributed by atoms with Crippen molar-refractivity contribution in [1.82, 2.24) is 19.9 Å². The van der Waals surface area contributed by atoms with Gasteiger partial charge in [0.15, 0.2) is 0 Å². The quantitative estimate of drug-likeness (QED) is 0.159. The van der Waals surface area contributed by atoms with E-state index in [1.165, 1.54) is 54.9 Å². The summed E-state index contributed by atoms with van der Waals surface area (Å²) in [5, 5.41) is 0. The van der Waals surface area contributed by atoms with Crippen molar-refractivity contribution in [1.29, 1.82) is 0 Å². The van der Waals surface area contributed by atoms with E-state index in [0.29, 0.717) is 0 Å². The molecule has 0 N–H and O–H groups in total. The Hall–Kier alpha value is -0.139. The van der Waals surface area contributed by atoms with Crippen molar-refractivity contribution in [2.45, 2.75) is 235 Å². The van der Waals surface area contributed by atoms with Crippen molar-refractivity contribution < 1.29 is 4.74 Å². The van der Waals surface area contributed by atoms with E-state index in [1.807, 2.05) is 0 Å². The maximum Gasteiger partial charge on any atom is 2.00 e. The Morgan fingerprint density at radius 2 is 0.843 bits per heavy atom. The Kier molecular flexibility index (Phi) is 21.2. The van der Waals surface area contributed by atoms with Crippen molar-refractivity contribution in [3.8, 4) is 0 Å². The molecule has 1 aliphatic heterocycles. The predicted octanol–water partition coefficient (Wildman–Crippen LogP) is 12.4. The van der Waals surface area contributed by atoms with Crippen LogP contribution >= 0.6 is 0 Å². The van der Waals surface area contributed by atoms with Crippen LogP contribution in [0.25, 0.3) is 0 Å². The molecule has 0 radical (unpaired) electrons. The van der Waals surface area contributed by atoms with Gasteiger partial charge in [0, 0.05) is 13.2 Å². The van der Waals surface area contributed by atoms with Crippen molar-refractivity contribution in [2.24, 2.45) is 5.92 Å². The Balaban J connectivity index is 0.000000825. The van der Waals surface area contributed by atoms with Crippen LogP contribution in [0.2, 0.25) is 0 Å². The van der Waals surface area contributed by atoms with Crippen LogP contribution in [0.1, 0.15) is 237 Å². The number of rotatable bonds is 16. The van der Waals surface area contributed by atoms with Gasteiger partial charge >= 0.3 is 45.5 Å². The largest absolute Gasteiger partial charge is 2.00 e. The molecule has 1 fully saturated rings. The molecule has 1 aliphatic rings. The molecule has 292 valence electrons. The van der Waals surface area contributed by atoms with Crippen LogP contribution in [0.15, 0.2) is 0 Å². The van der Waals surface area contributed by atoms with E-state index in [4.69, 9.17) is 24.7 Å². The molecule has 0 saturated carbocycles. The molecule has 0 aromatic carbocycles. The van der Waals surface area contributed by atoms with Crippen LogP contribution in [-0.2, 0) is 37.2 Å².